The van der Waals surface area contributed by atoms with E-state index in [9.17, 15) is 4.79 Å². The van der Waals surface area contributed by atoms with Crippen molar-refractivity contribution >= 4 is 5.65 Å². The molecule has 0 aliphatic carbocycles. The molecule has 24 heavy (non-hydrogen) atoms. The maximum atomic E-state index is 12.5. The number of aryl methyl sites for hydroxylation is 1. The van der Waals surface area contributed by atoms with Gasteiger partial charge in [-0.05, 0) is 25.5 Å². The van der Waals surface area contributed by atoms with Crippen molar-refractivity contribution in [3.8, 4) is 17.1 Å². The summed E-state index contributed by atoms with van der Waals surface area (Å²) in [4.78, 5) is 25.8. The molecular weight excluding hydrogens is 304 g/mol. The van der Waals surface area contributed by atoms with Crippen molar-refractivity contribution in [2.45, 2.75) is 20.3 Å². The first-order chi connectivity index (χ1) is 11.7. The summed E-state index contributed by atoms with van der Waals surface area (Å²) >= 11 is 0. The summed E-state index contributed by atoms with van der Waals surface area (Å²) in [7, 11) is 0. The first-order valence-corrected chi connectivity index (χ1v) is 7.74. The predicted octanol–water partition coefficient (Wildman–Crippen LogP) is 2.14. The zero-order valence-corrected chi connectivity index (χ0v) is 13.4. The van der Waals surface area contributed by atoms with E-state index in [1.165, 1.54) is 4.52 Å². The highest BCUT2D eigenvalue weighted by Crippen LogP contribution is 2.19. The monoisotopic (exact) mass is 320 g/mol. The second-order valence-corrected chi connectivity index (χ2v) is 5.53. The second-order valence-electron chi connectivity index (χ2n) is 5.53. The van der Waals surface area contributed by atoms with Crippen molar-refractivity contribution in [3.05, 3.63) is 64.7 Å². The largest absolute Gasteiger partial charge is 0.301 e. The van der Waals surface area contributed by atoms with Gasteiger partial charge in [0.05, 0.1) is 5.69 Å². The van der Waals surface area contributed by atoms with E-state index in [1.54, 1.807) is 18.7 Å². The molecule has 4 rings (SSSR count). The fourth-order valence-electron chi connectivity index (χ4n) is 2.84. The lowest BCUT2D eigenvalue weighted by atomic mass is 10.2. The van der Waals surface area contributed by atoms with Gasteiger partial charge in [-0.1, -0.05) is 13.0 Å². The number of hydrogen-bond donors (Lipinski definition) is 1. The number of imidazole rings is 1. The Bertz CT molecular complexity index is 1070. The first kappa shape index (κ1) is 14.4. The summed E-state index contributed by atoms with van der Waals surface area (Å²) in [6.45, 7) is 3.82. The Labute approximate surface area is 137 Å². The lowest BCUT2D eigenvalue weighted by Crippen LogP contribution is -2.21. The average molecular weight is 320 g/mol. The topological polar surface area (TPSA) is 80.9 Å². The summed E-state index contributed by atoms with van der Waals surface area (Å²) in [5.74, 6) is 0. The Kier molecular flexibility index (Phi) is 3.26. The number of fused-ring (bicyclic) bond motifs is 1. The van der Waals surface area contributed by atoms with Crippen LogP contribution in [0.4, 0.5) is 0 Å². The van der Waals surface area contributed by atoms with Crippen molar-refractivity contribution in [2.75, 3.05) is 0 Å². The summed E-state index contributed by atoms with van der Waals surface area (Å²) in [6, 6.07) is 5.69. The number of hydrogen-bond acceptors (Lipinski definition) is 4. The average Bonchev–Trinajstić information content (AvgIpc) is 3.22. The smallest absolute Gasteiger partial charge is 0.276 e. The molecule has 0 atom stereocenters. The number of aromatic amines is 1. The van der Waals surface area contributed by atoms with Crippen LogP contribution in [0.3, 0.4) is 0 Å². The van der Waals surface area contributed by atoms with Gasteiger partial charge in [0.15, 0.2) is 5.65 Å². The molecule has 120 valence electrons. The zero-order chi connectivity index (χ0) is 16.7. The summed E-state index contributed by atoms with van der Waals surface area (Å²) in [5.41, 5.74) is 4.34. The molecule has 7 heteroatoms. The molecule has 0 amide bonds. The summed E-state index contributed by atoms with van der Waals surface area (Å²) in [5, 5.41) is 2.98. The standard InChI is InChI=1S/C17H16N6O/c1-3-12-11(2)21-16-15(8-20-23(16)17(12)24)22-9-14(19-10-22)13-6-4-5-7-18-13/h4-10,20H,3H2,1-2H3. The van der Waals surface area contributed by atoms with Crippen LogP contribution in [-0.2, 0) is 6.42 Å². The fourth-order valence-corrected chi connectivity index (χ4v) is 2.84. The number of H-pyrrole nitrogens is 1. The van der Waals surface area contributed by atoms with Crippen molar-refractivity contribution in [1.82, 2.24) is 29.1 Å². The van der Waals surface area contributed by atoms with Crippen LogP contribution in [0.1, 0.15) is 18.2 Å². The molecule has 0 bridgehead atoms. The van der Waals surface area contributed by atoms with Gasteiger partial charge in [-0.3, -0.25) is 14.9 Å². The van der Waals surface area contributed by atoms with E-state index in [0.717, 1.165) is 28.3 Å². The highest BCUT2D eigenvalue weighted by atomic mass is 16.1. The first-order valence-electron chi connectivity index (χ1n) is 7.74. The molecule has 0 spiro atoms. The number of pyridine rings is 1. The highest BCUT2D eigenvalue weighted by molar-refractivity contribution is 5.61. The normalized spacial score (nSPS) is 11.2. The minimum Gasteiger partial charge on any atom is -0.301 e. The maximum absolute atomic E-state index is 12.5. The molecule has 4 aromatic heterocycles. The number of nitrogens with zero attached hydrogens (tertiary/aromatic N) is 5. The lowest BCUT2D eigenvalue weighted by Gasteiger charge is -2.04. The molecule has 4 aromatic rings. The molecule has 0 radical (unpaired) electrons. The molecule has 0 saturated carbocycles. The Morgan fingerprint density at radius 2 is 2.08 bits per heavy atom. The number of aromatic nitrogens is 6. The van der Waals surface area contributed by atoms with Gasteiger partial charge >= 0.3 is 0 Å². The van der Waals surface area contributed by atoms with Crippen LogP contribution in [0, 0.1) is 6.92 Å². The van der Waals surface area contributed by atoms with Gasteiger partial charge in [0.2, 0.25) is 0 Å². The predicted molar refractivity (Wildman–Crippen MR) is 90.3 cm³/mol. The molecule has 0 unspecified atom stereocenters. The Hall–Kier alpha value is -3.22. The van der Waals surface area contributed by atoms with Crippen LogP contribution in [-0.4, -0.2) is 29.1 Å². The van der Waals surface area contributed by atoms with Crippen molar-refractivity contribution in [1.29, 1.82) is 0 Å². The molecule has 4 heterocycles. The van der Waals surface area contributed by atoms with E-state index in [1.807, 2.05) is 42.8 Å². The van der Waals surface area contributed by atoms with Crippen molar-refractivity contribution in [3.63, 3.8) is 0 Å². The van der Waals surface area contributed by atoms with Crippen molar-refractivity contribution in [2.24, 2.45) is 0 Å². The van der Waals surface area contributed by atoms with Gasteiger partial charge in [-0.2, -0.15) is 4.52 Å². The molecule has 0 aliphatic heterocycles. The lowest BCUT2D eigenvalue weighted by molar-refractivity contribution is 0.853. The molecule has 0 saturated heterocycles. The highest BCUT2D eigenvalue weighted by Gasteiger charge is 2.14. The second kappa shape index (κ2) is 5.45. The van der Waals surface area contributed by atoms with Gasteiger partial charge in [0.1, 0.15) is 17.7 Å². The van der Waals surface area contributed by atoms with E-state index >= 15 is 0 Å². The molecule has 0 aliphatic rings. The summed E-state index contributed by atoms with van der Waals surface area (Å²) < 4.78 is 3.31. The third-order valence-electron chi connectivity index (χ3n) is 4.08. The fraction of sp³-hybridized carbons (Fsp3) is 0.176. The van der Waals surface area contributed by atoms with E-state index in [0.29, 0.717) is 12.1 Å². The van der Waals surface area contributed by atoms with Crippen LogP contribution < -0.4 is 5.56 Å². The SMILES string of the molecule is CCc1c(C)nc2c(-n3cnc(-c4ccccn4)c3)c[nH]n2c1=O. The van der Waals surface area contributed by atoms with Crippen molar-refractivity contribution < 1.29 is 0 Å². The Balaban J connectivity index is 1.86. The van der Waals surface area contributed by atoms with E-state index < -0.39 is 0 Å². The molecule has 7 nitrogen and oxygen atoms in total. The van der Waals surface area contributed by atoms with Crippen LogP contribution in [0.25, 0.3) is 22.7 Å². The maximum Gasteiger partial charge on any atom is 0.276 e. The molecule has 0 fully saturated rings. The zero-order valence-electron chi connectivity index (χ0n) is 13.4. The molecular formula is C17H16N6O. The van der Waals surface area contributed by atoms with Gasteiger partial charge in [-0.25, -0.2) is 9.97 Å². The van der Waals surface area contributed by atoms with Gasteiger partial charge in [0.25, 0.3) is 5.56 Å². The van der Waals surface area contributed by atoms with E-state index in [4.69, 9.17) is 0 Å². The van der Waals surface area contributed by atoms with E-state index in [-0.39, 0.29) is 5.56 Å². The minimum atomic E-state index is -0.0590. The third-order valence-corrected chi connectivity index (χ3v) is 4.08. The minimum absolute atomic E-state index is 0.0590. The third kappa shape index (κ3) is 2.13. The van der Waals surface area contributed by atoms with Crippen LogP contribution in [0.15, 0.2) is 47.9 Å². The van der Waals surface area contributed by atoms with Gasteiger partial charge in [0, 0.05) is 29.8 Å². The summed E-state index contributed by atoms with van der Waals surface area (Å²) in [6.07, 6.45) is 7.72. The number of rotatable bonds is 3. The quantitative estimate of drug-likeness (QED) is 0.627. The molecule has 0 aromatic carbocycles. The van der Waals surface area contributed by atoms with Crippen LogP contribution in [0.2, 0.25) is 0 Å². The Morgan fingerprint density at radius 3 is 2.83 bits per heavy atom. The van der Waals surface area contributed by atoms with E-state index in [2.05, 4.69) is 20.1 Å². The van der Waals surface area contributed by atoms with Crippen LogP contribution >= 0.6 is 0 Å². The van der Waals surface area contributed by atoms with Gasteiger partial charge in [-0.15, -0.1) is 0 Å². The molecule has 1 N–H and O–H groups in total. The van der Waals surface area contributed by atoms with Gasteiger partial charge < -0.3 is 4.57 Å². The Morgan fingerprint density at radius 1 is 1.21 bits per heavy atom. The van der Waals surface area contributed by atoms with Crippen LogP contribution in [0.5, 0.6) is 0 Å². The number of nitrogens with one attached hydrogen (secondary N) is 1.